The zero-order valence-electron chi connectivity index (χ0n) is 17.3. The van der Waals surface area contributed by atoms with E-state index in [1.54, 1.807) is 36.2 Å². The van der Waals surface area contributed by atoms with Crippen molar-refractivity contribution in [2.75, 3.05) is 13.8 Å². The molecule has 0 bridgehead atoms. The molecule has 0 N–H and O–H groups in total. The van der Waals surface area contributed by atoms with E-state index in [0.29, 0.717) is 35.6 Å². The lowest BCUT2D eigenvalue weighted by Gasteiger charge is -2.30. The molecular formula is C23H24N2O5. The number of fused-ring (bicyclic) bond motifs is 2. The fourth-order valence-electron chi connectivity index (χ4n) is 3.90. The highest BCUT2D eigenvalue weighted by Gasteiger charge is 2.43. The summed E-state index contributed by atoms with van der Waals surface area (Å²) in [6, 6.07) is 11.4. The summed E-state index contributed by atoms with van der Waals surface area (Å²) in [7, 11) is 1.68. The fourth-order valence-corrected chi connectivity index (χ4v) is 3.90. The van der Waals surface area contributed by atoms with Crippen LogP contribution in [0.25, 0.3) is 0 Å². The van der Waals surface area contributed by atoms with Gasteiger partial charge in [0.2, 0.25) is 12.7 Å². The SMILES string of the molecule is CC(C)CC(C(=O)N(C)Cc1ccc2c(c1)OCO2)N1C(=O)c2ccccc2C1=O. The van der Waals surface area contributed by atoms with Gasteiger partial charge in [-0.15, -0.1) is 0 Å². The van der Waals surface area contributed by atoms with E-state index in [0.717, 1.165) is 10.5 Å². The minimum atomic E-state index is -0.851. The van der Waals surface area contributed by atoms with Crippen molar-refractivity contribution < 1.29 is 23.9 Å². The topological polar surface area (TPSA) is 76.2 Å². The van der Waals surface area contributed by atoms with E-state index in [2.05, 4.69) is 0 Å². The quantitative estimate of drug-likeness (QED) is 0.687. The van der Waals surface area contributed by atoms with Crippen LogP contribution in [0.3, 0.4) is 0 Å². The molecule has 4 rings (SSSR count). The van der Waals surface area contributed by atoms with Gasteiger partial charge in [-0.2, -0.15) is 0 Å². The van der Waals surface area contributed by atoms with Crippen molar-refractivity contribution in [2.45, 2.75) is 32.9 Å². The van der Waals surface area contributed by atoms with Crippen LogP contribution in [0.5, 0.6) is 11.5 Å². The number of carbonyl (C=O) groups excluding carboxylic acids is 3. The Morgan fingerprint density at radius 2 is 1.67 bits per heavy atom. The molecular weight excluding hydrogens is 384 g/mol. The molecule has 0 aliphatic carbocycles. The highest BCUT2D eigenvalue weighted by Crippen LogP contribution is 2.33. The normalized spacial score (nSPS) is 15.5. The van der Waals surface area contributed by atoms with E-state index < -0.39 is 17.9 Å². The first kappa shape index (κ1) is 19.9. The van der Waals surface area contributed by atoms with Gasteiger partial charge in [-0.05, 0) is 42.2 Å². The Bertz CT molecular complexity index is 981. The van der Waals surface area contributed by atoms with E-state index in [-0.39, 0.29) is 18.6 Å². The number of imide groups is 1. The molecule has 30 heavy (non-hydrogen) atoms. The van der Waals surface area contributed by atoms with Gasteiger partial charge >= 0.3 is 0 Å². The summed E-state index contributed by atoms with van der Waals surface area (Å²) in [6.07, 6.45) is 0.399. The minimum Gasteiger partial charge on any atom is -0.454 e. The second kappa shape index (κ2) is 7.82. The van der Waals surface area contributed by atoms with E-state index >= 15 is 0 Å². The van der Waals surface area contributed by atoms with Crippen molar-refractivity contribution in [1.82, 2.24) is 9.80 Å². The molecule has 0 saturated heterocycles. The van der Waals surface area contributed by atoms with Crippen molar-refractivity contribution >= 4 is 17.7 Å². The monoisotopic (exact) mass is 408 g/mol. The lowest BCUT2D eigenvalue weighted by atomic mass is 10.0. The van der Waals surface area contributed by atoms with Crippen LogP contribution < -0.4 is 9.47 Å². The van der Waals surface area contributed by atoms with E-state index in [4.69, 9.17) is 9.47 Å². The summed E-state index contributed by atoms with van der Waals surface area (Å²) < 4.78 is 10.7. The first-order valence-corrected chi connectivity index (χ1v) is 9.97. The standard InChI is InChI=1S/C23H24N2O5/c1-14(2)10-18(25-21(26)16-6-4-5-7-17(16)22(25)27)23(28)24(3)12-15-8-9-19-20(11-15)30-13-29-19/h4-9,11,14,18H,10,12-13H2,1-3H3. The summed E-state index contributed by atoms with van der Waals surface area (Å²) in [5, 5.41) is 0. The minimum absolute atomic E-state index is 0.127. The molecule has 2 heterocycles. The summed E-state index contributed by atoms with van der Waals surface area (Å²) >= 11 is 0. The van der Waals surface area contributed by atoms with Gasteiger partial charge < -0.3 is 14.4 Å². The second-order valence-corrected chi connectivity index (χ2v) is 8.05. The molecule has 0 spiro atoms. The predicted molar refractivity (Wildman–Crippen MR) is 109 cm³/mol. The molecule has 7 nitrogen and oxygen atoms in total. The average Bonchev–Trinajstić information content (AvgIpc) is 3.28. The molecule has 2 aromatic carbocycles. The Labute approximate surface area is 175 Å². The van der Waals surface area contributed by atoms with Crippen LogP contribution >= 0.6 is 0 Å². The molecule has 2 aliphatic heterocycles. The first-order chi connectivity index (χ1) is 14.4. The molecule has 0 saturated carbocycles. The van der Waals surface area contributed by atoms with Crippen molar-refractivity contribution in [3.05, 3.63) is 59.2 Å². The molecule has 1 atom stereocenters. The Morgan fingerprint density at radius 1 is 1.03 bits per heavy atom. The van der Waals surface area contributed by atoms with Crippen LogP contribution in [0.4, 0.5) is 0 Å². The maximum absolute atomic E-state index is 13.4. The molecule has 2 aromatic rings. The van der Waals surface area contributed by atoms with Gasteiger partial charge in [0, 0.05) is 13.6 Å². The number of rotatable bonds is 6. The lowest BCUT2D eigenvalue weighted by Crippen LogP contribution is -2.50. The lowest BCUT2D eigenvalue weighted by molar-refractivity contribution is -0.135. The second-order valence-electron chi connectivity index (χ2n) is 8.05. The van der Waals surface area contributed by atoms with Gasteiger partial charge in [0.05, 0.1) is 11.1 Å². The highest BCUT2D eigenvalue weighted by atomic mass is 16.7. The predicted octanol–water partition coefficient (Wildman–Crippen LogP) is 3.08. The van der Waals surface area contributed by atoms with Crippen LogP contribution in [-0.2, 0) is 11.3 Å². The van der Waals surface area contributed by atoms with Gasteiger partial charge in [-0.25, -0.2) is 0 Å². The van der Waals surface area contributed by atoms with E-state index in [1.807, 2.05) is 32.0 Å². The van der Waals surface area contributed by atoms with E-state index in [1.165, 1.54) is 0 Å². The third-order valence-electron chi connectivity index (χ3n) is 5.35. The summed E-state index contributed by atoms with van der Waals surface area (Å²) in [5.41, 5.74) is 1.57. The van der Waals surface area contributed by atoms with Gasteiger partial charge in [0.1, 0.15) is 6.04 Å². The number of nitrogens with zero attached hydrogens (tertiary/aromatic N) is 2. The molecule has 156 valence electrons. The fraction of sp³-hybridized carbons (Fsp3) is 0.348. The average molecular weight is 408 g/mol. The summed E-state index contributed by atoms with van der Waals surface area (Å²) in [6.45, 7) is 4.45. The van der Waals surface area contributed by atoms with Crippen molar-refractivity contribution in [3.8, 4) is 11.5 Å². The number of hydrogen-bond acceptors (Lipinski definition) is 5. The molecule has 3 amide bonds. The molecule has 0 fully saturated rings. The highest BCUT2D eigenvalue weighted by molar-refractivity contribution is 6.22. The maximum atomic E-state index is 13.4. The number of hydrogen-bond donors (Lipinski definition) is 0. The Morgan fingerprint density at radius 3 is 2.30 bits per heavy atom. The van der Waals surface area contributed by atoms with Crippen LogP contribution in [0.1, 0.15) is 46.5 Å². The number of ether oxygens (including phenoxy) is 2. The van der Waals surface area contributed by atoms with Crippen molar-refractivity contribution in [1.29, 1.82) is 0 Å². The van der Waals surface area contributed by atoms with Gasteiger partial charge in [0.25, 0.3) is 11.8 Å². The maximum Gasteiger partial charge on any atom is 0.262 e. The first-order valence-electron chi connectivity index (χ1n) is 9.97. The van der Waals surface area contributed by atoms with Crippen LogP contribution in [-0.4, -0.2) is 47.4 Å². The molecule has 0 radical (unpaired) electrons. The Hall–Kier alpha value is -3.35. The molecule has 2 aliphatic rings. The van der Waals surface area contributed by atoms with Crippen LogP contribution in [0.2, 0.25) is 0 Å². The van der Waals surface area contributed by atoms with E-state index in [9.17, 15) is 14.4 Å². The largest absolute Gasteiger partial charge is 0.454 e. The Kier molecular flexibility index (Phi) is 5.20. The number of carbonyl (C=O) groups is 3. The summed E-state index contributed by atoms with van der Waals surface area (Å²) in [5.74, 6) is 0.360. The van der Waals surface area contributed by atoms with Gasteiger partial charge in [-0.3, -0.25) is 19.3 Å². The van der Waals surface area contributed by atoms with Crippen molar-refractivity contribution in [2.24, 2.45) is 5.92 Å². The zero-order chi connectivity index (χ0) is 21.4. The molecule has 7 heteroatoms. The van der Waals surface area contributed by atoms with Crippen LogP contribution in [0.15, 0.2) is 42.5 Å². The van der Waals surface area contributed by atoms with Gasteiger partial charge in [-0.1, -0.05) is 32.0 Å². The molecule has 1 unspecified atom stereocenters. The summed E-state index contributed by atoms with van der Waals surface area (Å²) in [4.78, 5) is 41.9. The van der Waals surface area contributed by atoms with Gasteiger partial charge in [0.15, 0.2) is 11.5 Å². The Balaban J connectivity index is 1.57. The smallest absolute Gasteiger partial charge is 0.262 e. The zero-order valence-corrected chi connectivity index (χ0v) is 17.3. The van der Waals surface area contributed by atoms with Crippen LogP contribution in [0, 0.1) is 5.92 Å². The number of likely N-dealkylation sites (N-methyl/N-ethyl adjacent to an activating group) is 1. The molecule has 0 aromatic heterocycles. The third kappa shape index (κ3) is 3.51. The van der Waals surface area contributed by atoms with Crippen molar-refractivity contribution in [3.63, 3.8) is 0 Å². The number of amides is 3. The number of benzene rings is 2. The third-order valence-corrected chi connectivity index (χ3v) is 5.35.